The van der Waals surface area contributed by atoms with E-state index in [-0.39, 0.29) is 6.16 Å². The van der Waals surface area contributed by atoms with E-state index in [2.05, 4.69) is 0 Å². The summed E-state index contributed by atoms with van der Waals surface area (Å²) in [6.07, 6.45) is 0.637. The molecular weight excluding hydrogens is 401 g/mol. The lowest BCUT2D eigenvalue weighted by atomic mass is 10.1. The predicted molar refractivity (Wildman–Crippen MR) is 106 cm³/mol. The molecule has 0 N–H and O–H groups in total. The molecule has 0 amide bonds. The molecule has 0 aromatic heterocycles. The summed E-state index contributed by atoms with van der Waals surface area (Å²) < 4.78 is 43.5. The van der Waals surface area contributed by atoms with Crippen LogP contribution in [0.15, 0.2) is 54.6 Å². The molecule has 1 aliphatic heterocycles. The molecule has 6 nitrogen and oxygen atoms in total. The van der Waals surface area contributed by atoms with Crippen LogP contribution >= 0.6 is 14.7 Å². The van der Waals surface area contributed by atoms with Crippen molar-refractivity contribution in [3.05, 3.63) is 65.7 Å². The second-order valence-corrected chi connectivity index (χ2v) is 13.7. The van der Waals surface area contributed by atoms with Crippen LogP contribution < -0.4 is 5.30 Å². The van der Waals surface area contributed by atoms with Gasteiger partial charge in [-0.25, -0.2) is 4.79 Å². The number of carbonyl (C=O) groups is 1. The molecule has 3 rings (SSSR count). The first kappa shape index (κ1) is 20.6. The lowest BCUT2D eigenvalue weighted by molar-refractivity contribution is 0.0662. The minimum Gasteiger partial charge on any atom is -0.568 e. The van der Waals surface area contributed by atoms with Crippen LogP contribution in [-0.4, -0.2) is 33.4 Å². The van der Waals surface area contributed by atoms with Crippen molar-refractivity contribution in [1.82, 2.24) is 0 Å². The first-order valence-electron chi connectivity index (χ1n) is 8.77. The van der Waals surface area contributed by atoms with E-state index in [0.717, 1.165) is 0 Å². The summed E-state index contributed by atoms with van der Waals surface area (Å²) >= 11 is -3.25. The van der Waals surface area contributed by atoms with E-state index in [1.165, 1.54) is 0 Å². The number of rotatable bonds is 5. The van der Waals surface area contributed by atoms with Crippen molar-refractivity contribution in [2.75, 3.05) is 12.3 Å². The summed E-state index contributed by atoms with van der Waals surface area (Å²) in [7, 11) is -6.42. The van der Waals surface area contributed by atoms with Gasteiger partial charge in [0, 0.05) is 17.6 Å². The van der Waals surface area contributed by atoms with Gasteiger partial charge >= 0.3 is 21.1 Å². The van der Waals surface area contributed by atoms with E-state index in [1.54, 1.807) is 62.4 Å². The summed E-state index contributed by atoms with van der Waals surface area (Å²) in [6.45, 7) is 3.49. The van der Waals surface area contributed by atoms with Crippen molar-refractivity contribution >= 4 is 41.2 Å². The van der Waals surface area contributed by atoms with Crippen LogP contribution in [0, 0.1) is 0 Å². The molecule has 1 aliphatic rings. The van der Waals surface area contributed by atoms with Gasteiger partial charge in [-0.2, -0.15) is 0 Å². The lowest BCUT2D eigenvalue weighted by Gasteiger charge is -2.27. The quantitative estimate of drug-likeness (QED) is 0.528. The monoisotopic (exact) mass is 422 g/mol. The van der Waals surface area contributed by atoms with Crippen molar-refractivity contribution in [3.63, 3.8) is 0 Å². The van der Waals surface area contributed by atoms with Gasteiger partial charge in [-0.3, -0.25) is 9.13 Å². The fraction of sp³-hybridized carbons (Fsp3) is 0.278. The van der Waals surface area contributed by atoms with Gasteiger partial charge in [-0.1, -0.05) is 50.2 Å². The number of fused-ring (bicyclic) bond motifs is 1. The van der Waals surface area contributed by atoms with Crippen molar-refractivity contribution in [2.24, 2.45) is 0 Å². The van der Waals surface area contributed by atoms with Gasteiger partial charge in [0.2, 0.25) is 7.37 Å². The molecule has 0 radical (unpaired) electrons. The SMILES string of the molecule is CCP(=O)(CC)[O][Al]1[O]C(=O)c2ccccc2C[P@@](=O)(c2ccccc2)[O]1. The Morgan fingerprint density at radius 2 is 1.70 bits per heavy atom. The van der Waals surface area contributed by atoms with Crippen LogP contribution in [0.25, 0.3) is 0 Å². The molecule has 142 valence electrons. The Labute approximate surface area is 164 Å². The highest BCUT2D eigenvalue weighted by Crippen LogP contribution is 2.54. The topological polar surface area (TPSA) is 78.9 Å². The van der Waals surface area contributed by atoms with Crippen LogP contribution in [0.3, 0.4) is 0 Å². The molecule has 0 spiro atoms. The molecule has 2 aromatic carbocycles. The third-order valence-electron chi connectivity index (χ3n) is 4.47. The maximum absolute atomic E-state index is 13.8. The van der Waals surface area contributed by atoms with Gasteiger partial charge in [-0.05, 0) is 23.8 Å². The second kappa shape index (κ2) is 8.45. The third kappa shape index (κ3) is 4.63. The molecule has 9 heteroatoms. The van der Waals surface area contributed by atoms with E-state index >= 15 is 0 Å². The average molecular weight is 422 g/mol. The molecule has 0 unspecified atom stereocenters. The van der Waals surface area contributed by atoms with Gasteiger partial charge in [0.15, 0.2) is 7.37 Å². The molecule has 0 saturated carbocycles. The third-order valence-corrected chi connectivity index (χ3v) is 12.9. The summed E-state index contributed by atoms with van der Waals surface area (Å²) in [5.41, 5.74) is 0.928. The first-order valence-corrected chi connectivity index (χ1v) is 14.0. The van der Waals surface area contributed by atoms with E-state index in [1.807, 2.05) is 6.07 Å². The van der Waals surface area contributed by atoms with Gasteiger partial charge in [0.25, 0.3) is 0 Å². The summed E-state index contributed by atoms with van der Waals surface area (Å²) in [4.78, 5) is 12.6. The maximum Gasteiger partial charge on any atom is 1.01 e. The Balaban J connectivity index is 2.05. The standard InChI is InChI=1S/C14H13O4P.C4H11O2P.Al/c15-14(16)13-9-5-4-6-11(13)10-19(17,18)12-7-2-1-3-8-12;1-3-7(5,6)4-2;/h1-9H,10H2,(H,15,16)(H,17,18);3-4H2,1-2H3,(H,5,6);/q;;+3/p-3. The van der Waals surface area contributed by atoms with Gasteiger partial charge in [0.1, 0.15) is 0 Å². The minimum atomic E-state index is -3.42. The number of hydrogen-bond donors (Lipinski definition) is 0. The second-order valence-electron chi connectivity index (χ2n) is 6.18. The molecule has 0 aliphatic carbocycles. The molecule has 2 aromatic rings. The Kier molecular flexibility index (Phi) is 6.44. The Hall–Kier alpha value is -1.18. The fourth-order valence-electron chi connectivity index (χ4n) is 2.81. The van der Waals surface area contributed by atoms with Crippen LogP contribution in [-0.2, 0) is 26.2 Å². The number of benzene rings is 2. The molecule has 1 atom stereocenters. The summed E-state index contributed by atoms with van der Waals surface area (Å²) in [5.74, 6) is -0.597. The lowest BCUT2D eigenvalue weighted by Crippen LogP contribution is -2.33. The number of carbonyl (C=O) groups excluding carboxylic acids is 1. The largest absolute Gasteiger partial charge is 1.01 e. The van der Waals surface area contributed by atoms with E-state index in [0.29, 0.717) is 28.8 Å². The van der Waals surface area contributed by atoms with Crippen LogP contribution in [0.2, 0.25) is 0 Å². The average Bonchev–Trinajstić information content (AvgIpc) is 2.67. The highest BCUT2D eigenvalue weighted by atomic mass is 31.2. The van der Waals surface area contributed by atoms with Crippen molar-refractivity contribution in [2.45, 2.75) is 20.0 Å². The van der Waals surface area contributed by atoms with Gasteiger partial charge in [-0.15, -0.1) is 0 Å². The Morgan fingerprint density at radius 1 is 1.07 bits per heavy atom. The van der Waals surface area contributed by atoms with Gasteiger partial charge < -0.3 is 10.9 Å². The predicted octanol–water partition coefficient (Wildman–Crippen LogP) is 4.30. The Morgan fingerprint density at radius 3 is 2.37 bits per heavy atom. The maximum atomic E-state index is 13.8. The highest BCUT2D eigenvalue weighted by molar-refractivity contribution is 7.67. The van der Waals surface area contributed by atoms with E-state index < -0.39 is 35.9 Å². The fourth-order valence-corrected chi connectivity index (χ4v) is 10.3. The smallest absolute Gasteiger partial charge is 0.568 e. The zero-order chi connectivity index (χ0) is 19.5. The van der Waals surface area contributed by atoms with Gasteiger partial charge in [0.05, 0.1) is 11.7 Å². The molecule has 27 heavy (non-hydrogen) atoms. The molecular formula is C18H21AlO6P2. The summed E-state index contributed by atoms with van der Waals surface area (Å²) in [6, 6.07) is 15.7. The summed E-state index contributed by atoms with van der Waals surface area (Å²) in [5, 5.41) is 0.515. The van der Waals surface area contributed by atoms with Crippen LogP contribution in [0.4, 0.5) is 0 Å². The first-order chi connectivity index (χ1) is 12.9. The van der Waals surface area contributed by atoms with Crippen molar-refractivity contribution in [1.29, 1.82) is 0 Å². The van der Waals surface area contributed by atoms with Crippen molar-refractivity contribution in [3.8, 4) is 0 Å². The zero-order valence-electron chi connectivity index (χ0n) is 15.2. The van der Waals surface area contributed by atoms with E-state index in [9.17, 15) is 13.9 Å². The number of hydrogen-bond acceptors (Lipinski definition) is 6. The normalized spacial score (nSPS) is 20.4. The van der Waals surface area contributed by atoms with Crippen LogP contribution in [0.1, 0.15) is 29.8 Å². The van der Waals surface area contributed by atoms with Crippen LogP contribution in [0.5, 0.6) is 0 Å². The zero-order valence-corrected chi connectivity index (χ0v) is 18.2. The Bertz CT molecular complexity index is 909. The molecule has 1 heterocycles. The van der Waals surface area contributed by atoms with Crippen molar-refractivity contribution < 1.29 is 24.9 Å². The minimum absolute atomic E-state index is 0.0533. The molecule has 0 fully saturated rings. The molecule has 0 bridgehead atoms. The van der Waals surface area contributed by atoms with E-state index in [4.69, 9.17) is 10.9 Å². The highest BCUT2D eigenvalue weighted by Gasteiger charge is 2.50. The molecule has 0 saturated heterocycles.